The van der Waals surface area contributed by atoms with Crippen molar-refractivity contribution in [2.75, 3.05) is 26.3 Å². The second-order valence-corrected chi connectivity index (χ2v) is 7.14. The van der Waals surface area contributed by atoms with E-state index in [9.17, 15) is 4.79 Å². The van der Waals surface area contributed by atoms with E-state index in [0.717, 1.165) is 32.7 Å². The molecule has 2 heterocycles. The van der Waals surface area contributed by atoms with Crippen molar-refractivity contribution in [3.05, 3.63) is 0 Å². The minimum absolute atomic E-state index is 0.379. The molecule has 2 aliphatic rings. The van der Waals surface area contributed by atoms with Gasteiger partial charge >= 0.3 is 0 Å². The fourth-order valence-corrected chi connectivity index (χ4v) is 3.60. The SMILES string of the molecule is CC(C)C1CCCN(CC(C)C2CCCOC2)C(=O)C1. The van der Waals surface area contributed by atoms with Gasteiger partial charge in [-0.3, -0.25) is 4.79 Å². The molecule has 3 heteroatoms. The maximum Gasteiger partial charge on any atom is 0.222 e. The summed E-state index contributed by atoms with van der Waals surface area (Å²) in [5, 5.41) is 0. The van der Waals surface area contributed by atoms with Gasteiger partial charge in [-0.15, -0.1) is 0 Å². The van der Waals surface area contributed by atoms with Gasteiger partial charge in [0.1, 0.15) is 0 Å². The highest BCUT2D eigenvalue weighted by Gasteiger charge is 2.28. The van der Waals surface area contributed by atoms with Gasteiger partial charge in [0.05, 0.1) is 0 Å². The Morgan fingerprint density at radius 1 is 1.20 bits per heavy atom. The lowest BCUT2D eigenvalue weighted by atomic mass is 9.88. The lowest BCUT2D eigenvalue weighted by Crippen LogP contribution is -2.38. The number of amides is 1. The molecule has 2 aliphatic heterocycles. The number of likely N-dealkylation sites (tertiary alicyclic amines) is 1. The van der Waals surface area contributed by atoms with E-state index in [1.807, 2.05) is 0 Å². The maximum absolute atomic E-state index is 12.4. The van der Waals surface area contributed by atoms with Crippen LogP contribution in [0.25, 0.3) is 0 Å². The first-order valence-electron chi connectivity index (χ1n) is 8.43. The quantitative estimate of drug-likeness (QED) is 0.791. The Labute approximate surface area is 124 Å². The van der Waals surface area contributed by atoms with Crippen molar-refractivity contribution in [3.63, 3.8) is 0 Å². The molecule has 2 fully saturated rings. The fraction of sp³-hybridized carbons (Fsp3) is 0.941. The van der Waals surface area contributed by atoms with Crippen molar-refractivity contribution in [2.45, 2.75) is 52.9 Å². The highest BCUT2D eigenvalue weighted by atomic mass is 16.5. The molecule has 0 aromatic rings. The molecular formula is C17H31NO2. The van der Waals surface area contributed by atoms with E-state index in [4.69, 9.17) is 4.74 Å². The fourth-order valence-electron chi connectivity index (χ4n) is 3.60. The average molecular weight is 281 g/mol. The molecule has 0 aliphatic carbocycles. The van der Waals surface area contributed by atoms with Crippen LogP contribution in [0, 0.1) is 23.7 Å². The summed E-state index contributed by atoms with van der Waals surface area (Å²) in [5.74, 6) is 2.80. The lowest BCUT2D eigenvalue weighted by molar-refractivity contribution is -0.132. The van der Waals surface area contributed by atoms with Crippen molar-refractivity contribution in [3.8, 4) is 0 Å². The Hall–Kier alpha value is -0.570. The van der Waals surface area contributed by atoms with Crippen molar-refractivity contribution < 1.29 is 9.53 Å². The molecule has 3 unspecified atom stereocenters. The van der Waals surface area contributed by atoms with Crippen molar-refractivity contribution in [2.24, 2.45) is 23.7 Å². The van der Waals surface area contributed by atoms with Crippen LogP contribution in [0.5, 0.6) is 0 Å². The molecule has 3 nitrogen and oxygen atoms in total. The van der Waals surface area contributed by atoms with E-state index in [1.165, 1.54) is 25.7 Å². The highest BCUT2D eigenvalue weighted by Crippen LogP contribution is 2.28. The number of rotatable bonds is 4. The van der Waals surface area contributed by atoms with Crippen molar-refractivity contribution in [1.82, 2.24) is 4.90 Å². The van der Waals surface area contributed by atoms with Gasteiger partial charge in [0.15, 0.2) is 0 Å². The van der Waals surface area contributed by atoms with E-state index in [-0.39, 0.29) is 0 Å². The predicted molar refractivity (Wildman–Crippen MR) is 81.5 cm³/mol. The summed E-state index contributed by atoms with van der Waals surface area (Å²) in [6.45, 7) is 10.5. The van der Waals surface area contributed by atoms with Gasteiger partial charge in [-0.25, -0.2) is 0 Å². The molecule has 0 N–H and O–H groups in total. The molecule has 0 saturated carbocycles. The van der Waals surface area contributed by atoms with Crippen LogP contribution in [0.4, 0.5) is 0 Å². The van der Waals surface area contributed by atoms with Gasteiger partial charge in [0.25, 0.3) is 0 Å². The standard InChI is InChI=1S/C17H31NO2/c1-13(2)15-6-4-8-18(17(19)10-15)11-14(3)16-7-5-9-20-12-16/h13-16H,4-12H2,1-3H3. The molecule has 0 bridgehead atoms. The first-order chi connectivity index (χ1) is 9.58. The summed E-state index contributed by atoms with van der Waals surface area (Å²) in [7, 11) is 0. The summed E-state index contributed by atoms with van der Waals surface area (Å²) in [4.78, 5) is 14.6. The topological polar surface area (TPSA) is 29.5 Å². The first-order valence-corrected chi connectivity index (χ1v) is 8.43. The third-order valence-electron chi connectivity index (χ3n) is 5.24. The molecule has 2 saturated heterocycles. The monoisotopic (exact) mass is 281 g/mol. The molecule has 2 rings (SSSR count). The Morgan fingerprint density at radius 3 is 2.60 bits per heavy atom. The zero-order valence-electron chi connectivity index (χ0n) is 13.4. The average Bonchev–Trinajstić information content (AvgIpc) is 2.62. The number of hydrogen-bond acceptors (Lipinski definition) is 2. The molecule has 3 atom stereocenters. The molecule has 0 aromatic heterocycles. The largest absolute Gasteiger partial charge is 0.381 e. The van der Waals surface area contributed by atoms with Crippen LogP contribution in [0.3, 0.4) is 0 Å². The number of hydrogen-bond donors (Lipinski definition) is 0. The lowest BCUT2D eigenvalue weighted by Gasteiger charge is -2.32. The normalized spacial score (nSPS) is 30.4. The summed E-state index contributed by atoms with van der Waals surface area (Å²) in [6, 6.07) is 0. The summed E-state index contributed by atoms with van der Waals surface area (Å²) in [6.07, 6.45) is 5.57. The molecular weight excluding hydrogens is 250 g/mol. The third-order valence-corrected chi connectivity index (χ3v) is 5.24. The molecule has 0 aromatic carbocycles. The van der Waals surface area contributed by atoms with Gasteiger partial charge < -0.3 is 9.64 Å². The van der Waals surface area contributed by atoms with Crippen LogP contribution in [0.15, 0.2) is 0 Å². The number of carbonyl (C=O) groups excluding carboxylic acids is 1. The van der Waals surface area contributed by atoms with E-state index in [2.05, 4.69) is 25.7 Å². The Kier molecular flexibility index (Phi) is 5.88. The van der Waals surface area contributed by atoms with Crippen LogP contribution < -0.4 is 0 Å². The van der Waals surface area contributed by atoms with Gasteiger partial charge in [-0.1, -0.05) is 20.8 Å². The van der Waals surface area contributed by atoms with Crippen LogP contribution in [0.2, 0.25) is 0 Å². The number of ether oxygens (including phenoxy) is 1. The highest BCUT2D eigenvalue weighted by molar-refractivity contribution is 5.76. The second kappa shape index (κ2) is 7.44. The third kappa shape index (κ3) is 4.21. The zero-order chi connectivity index (χ0) is 14.5. The Morgan fingerprint density at radius 2 is 1.95 bits per heavy atom. The van der Waals surface area contributed by atoms with Gasteiger partial charge in [0.2, 0.25) is 5.91 Å². The van der Waals surface area contributed by atoms with E-state index < -0.39 is 0 Å². The smallest absolute Gasteiger partial charge is 0.222 e. The van der Waals surface area contributed by atoms with Crippen molar-refractivity contribution in [1.29, 1.82) is 0 Å². The predicted octanol–water partition coefficient (Wildman–Crippen LogP) is 3.33. The van der Waals surface area contributed by atoms with Crippen LogP contribution >= 0.6 is 0 Å². The molecule has 20 heavy (non-hydrogen) atoms. The van der Waals surface area contributed by atoms with E-state index >= 15 is 0 Å². The van der Waals surface area contributed by atoms with Crippen LogP contribution in [0.1, 0.15) is 52.9 Å². The molecule has 0 spiro atoms. The second-order valence-electron chi connectivity index (χ2n) is 7.14. The summed E-state index contributed by atoms with van der Waals surface area (Å²) in [5.41, 5.74) is 0. The van der Waals surface area contributed by atoms with Crippen LogP contribution in [-0.2, 0) is 9.53 Å². The summed E-state index contributed by atoms with van der Waals surface area (Å²) < 4.78 is 5.59. The molecule has 1 amide bonds. The summed E-state index contributed by atoms with van der Waals surface area (Å²) >= 11 is 0. The van der Waals surface area contributed by atoms with E-state index in [0.29, 0.717) is 29.6 Å². The first kappa shape index (κ1) is 15.8. The maximum atomic E-state index is 12.4. The molecule has 0 radical (unpaired) electrons. The Balaban J connectivity index is 1.86. The van der Waals surface area contributed by atoms with Gasteiger partial charge in [0, 0.05) is 32.7 Å². The molecule has 116 valence electrons. The number of carbonyl (C=O) groups is 1. The Bertz CT molecular complexity index is 310. The minimum Gasteiger partial charge on any atom is -0.381 e. The van der Waals surface area contributed by atoms with E-state index in [1.54, 1.807) is 0 Å². The van der Waals surface area contributed by atoms with Crippen LogP contribution in [-0.4, -0.2) is 37.1 Å². The van der Waals surface area contributed by atoms with Gasteiger partial charge in [-0.05, 0) is 49.4 Å². The zero-order valence-corrected chi connectivity index (χ0v) is 13.4. The van der Waals surface area contributed by atoms with Crippen molar-refractivity contribution >= 4 is 5.91 Å². The van der Waals surface area contributed by atoms with Gasteiger partial charge in [-0.2, -0.15) is 0 Å². The minimum atomic E-state index is 0.379. The number of nitrogens with zero attached hydrogens (tertiary/aromatic N) is 1.